The van der Waals surface area contributed by atoms with Gasteiger partial charge in [0, 0.05) is 11.0 Å². The van der Waals surface area contributed by atoms with Crippen molar-refractivity contribution in [3.63, 3.8) is 0 Å². The van der Waals surface area contributed by atoms with Crippen molar-refractivity contribution in [3.05, 3.63) is 58.3 Å². The van der Waals surface area contributed by atoms with Gasteiger partial charge in [0.15, 0.2) is 5.96 Å². The molecule has 2 rings (SSSR count). The second kappa shape index (κ2) is 7.79. The van der Waals surface area contributed by atoms with Gasteiger partial charge in [-0.1, -0.05) is 28.1 Å². The first kappa shape index (κ1) is 16.3. The minimum Gasteiger partial charge on any atom is -0.495 e. The van der Waals surface area contributed by atoms with Crippen LogP contribution in [0.4, 0.5) is 10.1 Å². The number of rotatable bonds is 5. The lowest BCUT2D eigenvalue weighted by atomic mass is 10.1. The summed E-state index contributed by atoms with van der Waals surface area (Å²) >= 11 is 3.32. The number of benzene rings is 2. The standard InChI is InChI=1S/C16H17BrFN3O/c1-22-15-5-3-2-4-14(15)21-16(19)20-9-8-11-10-12(17)6-7-13(11)18/h2-7,10H,8-9H2,1H3,(H3,19,20,21). The number of hydrogen-bond donors (Lipinski definition) is 2. The molecule has 22 heavy (non-hydrogen) atoms. The van der Waals surface area contributed by atoms with Crippen LogP contribution in [0.25, 0.3) is 0 Å². The predicted octanol–water partition coefficient (Wildman–Crippen LogP) is 3.57. The number of guanidine groups is 1. The first-order valence-electron chi connectivity index (χ1n) is 6.74. The number of anilines is 1. The SMILES string of the molecule is COc1ccccc1NC(N)=NCCc1cc(Br)ccc1F. The second-order valence-electron chi connectivity index (χ2n) is 4.58. The zero-order valence-electron chi connectivity index (χ0n) is 12.1. The van der Waals surface area contributed by atoms with Crippen LogP contribution in [0.3, 0.4) is 0 Å². The number of para-hydroxylation sites is 2. The van der Waals surface area contributed by atoms with Crippen molar-refractivity contribution in [2.45, 2.75) is 6.42 Å². The summed E-state index contributed by atoms with van der Waals surface area (Å²) in [6, 6.07) is 12.2. The highest BCUT2D eigenvalue weighted by molar-refractivity contribution is 9.10. The molecular formula is C16H17BrFN3O. The fourth-order valence-corrected chi connectivity index (χ4v) is 2.37. The molecule has 0 radical (unpaired) electrons. The quantitative estimate of drug-likeness (QED) is 0.628. The Morgan fingerprint density at radius 3 is 2.86 bits per heavy atom. The van der Waals surface area contributed by atoms with Crippen LogP contribution in [0.1, 0.15) is 5.56 Å². The van der Waals surface area contributed by atoms with Gasteiger partial charge in [0.25, 0.3) is 0 Å². The predicted molar refractivity (Wildman–Crippen MR) is 90.9 cm³/mol. The first-order chi connectivity index (χ1) is 10.6. The Labute approximate surface area is 137 Å². The number of halogens is 2. The van der Waals surface area contributed by atoms with Crippen molar-refractivity contribution in [2.24, 2.45) is 10.7 Å². The van der Waals surface area contributed by atoms with Gasteiger partial charge in [-0.2, -0.15) is 0 Å². The molecule has 0 aliphatic rings. The van der Waals surface area contributed by atoms with Crippen LogP contribution in [-0.2, 0) is 6.42 Å². The third kappa shape index (κ3) is 4.46. The topological polar surface area (TPSA) is 59.6 Å². The number of aliphatic imine (C=N–C) groups is 1. The van der Waals surface area contributed by atoms with E-state index in [0.717, 1.165) is 10.2 Å². The molecule has 0 unspecified atom stereocenters. The van der Waals surface area contributed by atoms with Crippen LogP contribution in [0.15, 0.2) is 51.9 Å². The van der Waals surface area contributed by atoms with E-state index in [-0.39, 0.29) is 11.8 Å². The molecule has 116 valence electrons. The largest absolute Gasteiger partial charge is 0.495 e. The van der Waals surface area contributed by atoms with Gasteiger partial charge in [-0.05, 0) is 42.3 Å². The van der Waals surface area contributed by atoms with Crippen molar-refractivity contribution in [3.8, 4) is 5.75 Å². The van der Waals surface area contributed by atoms with Gasteiger partial charge in [0.05, 0.1) is 12.8 Å². The minimum atomic E-state index is -0.241. The monoisotopic (exact) mass is 365 g/mol. The van der Waals surface area contributed by atoms with Crippen LogP contribution in [0.2, 0.25) is 0 Å². The van der Waals surface area contributed by atoms with Crippen LogP contribution < -0.4 is 15.8 Å². The van der Waals surface area contributed by atoms with Crippen molar-refractivity contribution < 1.29 is 9.13 Å². The average molecular weight is 366 g/mol. The number of nitrogens with one attached hydrogen (secondary N) is 1. The highest BCUT2D eigenvalue weighted by Crippen LogP contribution is 2.22. The number of ether oxygens (including phenoxy) is 1. The summed E-state index contributed by atoms with van der Waals surface area (Å²) in [6.45, 7) is 0.390. The summed E-state index contributed by atoms with van der Waals surface area (Å²) < 4.78 is 19.7. The molecule has 0 heterocycles. The van der Waals surface area contributed by atoms with Crippen LogP contribution in [0, 0.1) is 5.82 Å². The van der Waals surface area contributed by atoms with Crippen LogP contribution in [0.5, 0.6) is 5.75 Å². The molecule has 0 atom stereocenters. The zero-order chi connectivity index (χ0) is 15.9. The second-order valence-corrected chi connectivity index (χ2v) is 5.49. The Morgan fingerprint density at radius 1 is 1.32 bits per heavy atom. The van der Waals surface area contributed by atoms with Gasteiger partial charge < -0.3 is 15.8 Å². The molecule has 2 aromatic carbocycles. The van der Waals surface area contributed by atoms with E-state index in [2.05, 4.69) is 26.2 Å². The third-order valence-corrected chi connectivity index (χ3v) is 3.53. The maximum absolute atomic E-state index is 13.6. The van der Waals surface area contributed by atoms with Crippen molar-refractivity contribution in [1.82, 2.24) is 0 Å². The Balaban J connectivity index is 1.97. The zero-order valence-corrected chi connectivity index (χ0v) is 13.7. The average Bonchev–Trinajstić information content (AvgIpc) is 2.51. The molecular weight excluding hydrogens is 349 g/mol. The van der Waals surface area contributed by atoms with E-state index in [4.69, 9.17) is 10.5 Å². The smallest absolute Gasteiger partial charge is 0.193 e. The first-order valence-corrected chi connectivity index (χ1v) is 7.53. The van der Waals surface area contributed by atoms with E-state index < -0.39 is 0 Å². The van der Waals surface area contributed by atoms with E-state index in [1.807, 2.05) is 24.3 Å². The molecule has 0 aromatic heterocycles. The molecule has 6 heteroatoms. The number of hydrogen-bond acceptors (Lipinski definition) is 2. The lowest BCUT2D eigenvalue weighted by molar-refractivity contribution is 0.417. The summed E-state index contributed by atoms with van der Waals surface area (Å²) in [4.78, 5) is 4.21. The Morgan fingerprint density at radius 2 is 2.09 bits per heavy atom. The molecule has 2 aromatic rings. The van der Waals surface area contributed by atoms with E-state index in [1.165, 1.54) is 6.07 Å². The number of nitrogens with two attached hydrogens (primary N) is 1. The lowest BCUT2D eigenvalue weighted by Crippen LogP contribution is -2.23. The highest BCUT2D eigenvalue weighted by Gasteiger charge is 2.04. The maximum Gasteiger partial charge on any atom is 0.193 e. The van der Waals surface area contributed by atoms with E-state index in [0.29, 0.717) is 24.3 Å². The van der Waals surface area contributed by atoms with Crippen LogP contribution >= 0.6 is 15.9 Å². The molecule has 3 N–H and O–H groups in total. The van der Waals surface area contributed by atoms with Crippen molar-refractivity contribution in [1.29, 1.82) is 0 Å². The molecule has 0 bridgehead atoms. The van der Waals surface area contributed by atoms with Gasteiger partial charge in [-0.25, -0.2) is 4.39 Å². The summed E-state index contributed by atoms with van der Waals surface area (Å²) in [5.41, 5.74) is 7.18. The van der Waals surface area contributed by atoms with E-state index in [9.17, 15) is 4.39 Å². The number of methoxy groups -OCH3 is 1. The van der Waals surface area contributed by atoms with Gasteiger partial charge in [-0.3, -0.25) is 4.99 Å². The van der Waals surface area contributed by atoms with Crippen LogP contribution in [-0.4, -0.2) is 19.6 Å². The maximum atomic E-state index is 13.6. The number of nitrogens with zero attached hydrogens (tertiary/aromatic N) is 1. The van der Waals surface area contributed by atoms with Gasteiger partial charge in [-0.15, -0.1) is 0 Å². The Bertz CT molecular complexity index is 676. The fraction of sp³-hybridized carbons (Fsp3) is 0.188. The Hall–Kier alpha value is -2.08. The molecule has 0 saturated carbocycles. The van der Waals surface area contributed by atoms with Gasteiger partial charge in [0.2, 0.25) is 0 Å². The van der Waals surface area contributed by atoms with Gasteiger partial charge in [0.1, 0.15) is 11.6 Å². The summed E-state index contributed by atoms with van der Waals surface area (Å²) in [5, 5.41) is 2.97. The third-order valence-electron chi connectivity index (χ3n) is 3.04. The minimum absolute atomic E-state index is 0.241. The molecule has 0 aliphatic carbocycles. The molecule has 0 saturated heterocycles. The normalized spacial score (nSPS) is 11.3. The highest BCUT2D eigenvalue weighted by atomic mass is 79.9. The lowest BCUT2D eigenvalue weighted by Gasteiger charge is -2.10. The molecule has 0 spiro atoms. The molecule has 0 amide bonds. The van der Waals surface area contributed by atoms with E-state index in [1.54, 1.807) is 19.2 Å². The molecule has 0 aliphatic heterocycles. The summed E-state index contributed by atoms with van der Waals surface area (Å²) in [5.74, 6) is 0.702. The van der Waals surface area contributed by atoms with Crippen molar-refractivity contribution >= 4 is 27.6 Å². The van der Waals surface area contributed by atoms with Gasteiger partial charge >= 0.3 is 0 Å². The fourth-order valence-electron chi connectivity index (χ4n) is 1.96. The van der Waals surface area contributed by atoms with E-state index >= 15 is 0 Å². The van der Waals surface area contributed by atoms with Crippen molar-refractivity contribution in [2.75, 3.05) is 19.0 Å². The molecule has 4 nitrogen and oxygen atoms in total. The summed E-state index contributed by atoms with van der Waals surface area (Å²) in [7, 11) is 1.59. The summed E-state index contributed by atoms with van der Waals surface area (Å²) in [6.07, 6.45) is 0.472. The Kier molecular flexibility index (Phi) is 5.77. The molecule has 0 fully saturated rings.